The number of hydrogen-bond donors (Lipinski definition) is 2. The molecule has 1 spiro atoms. The third-order valence-electron chi connectivity index (χ3n) is 9.98. The molecule has 2 saturated carbocycles. The highest BCUT2D eigenvalue weighted by Crippen LogP contribution is 2.56. The molecule has 1 aromatic carbocycles. The summed E-state index contributed by atoms with van der Waals surface area (Å²) in [5.41, 5.74) is -0.501. The normalized spacial score (nSPS) is 38.3. The van der Waals surface area contributed by atoms with E-state index in [1.165, 1.54) is 6.42 Å². The summed E-state index contributed by atoms with van der Waals surface area (Å²) in [4.78, 5) is 43.8. The van der Waals surface area contributed by atoms with Crippen molar-refractivity contribution in [1.82, 2.24) is 10.2 Å². The molecule has 3 aliphatic heterocycles. The number of nitrogens with zero attached hydrogens (tertiary/aromatic N) is 1. The van der Waals surface area contributed by atoms with Crippen molar-refractivity contribution in [3.05, 3.63) is 41.4 Å². The molecule has 0 aromatic heterocycles. The molecule has 3 heterocycles. The van der Waals surface area contributed by atoms with Crippen molar-refractivity contribution in [2.24, 2.45) is 23.7 Å². The molecule has 3 amide bonds. The number of ether oxygens (including phenoxy) is 1. The summed E-state index contributed by atoms with van der Waals surface area (Å²) in [6.45, 7) is 4.46. The Morgan fingerprint density at radius 2 is 1.74 bits per heavy atom. The second kappa shape index (κ2) is 9.98. The molecule has 6 unspecified atom stereocenters. The Kier molecular flexibility index (Phi) is 6.79. The van der Waals surface area contributed by atoms with Gasteiger partial charge in [0.1, 0.15) is 11.6 Å². The summed E-state index contributed by atoms with van der Waals surface area (Å²) in [6.07, 6.45) is 11.4. The van der Waals surface area contributed by atoms with Gasteiger partial charge in [-0.15, -0.1) is 0 Å². The maximum absolute atomic E-state index is 14.2. The van der Waals surface area contributed by atoms with E-state index in [-0.39, 0.29) is 29.8 Å². The smallest absolute Gasteiger partial charge is 0.246 e. The lowest BCUT2D eigenvalue weighted by atomic mass is 9.73. The minimum Gasteiger partial charge on any atom is -0.359 e. The topological polar surface area (TPSA) is 87.7 Å². The van der Waals surface area contributed by atoms with Gasteiger partial charge in [-0.25, -0.2) is 0 Å². The van der Waals surface area contributed by atoms with Crippen LogP contribution in [0.3, 0.4) is 0 Å². The third kappa shape index (κ3) is 4.17. The minimum absolute atomic E-state index is 0.00861. The van der Waals surface area contributed by atoms with E-state index in [0.29, 0.717) is 22.5 Å². The van der Waals surface area contributed by atoms with Gasteiger partial charge in [-0.2, -0.15) is 0 Å². The fourth-order valence-corrected chi connectivity index (χ4v) is 7.89. The molecule has 4 fully saturated rings. The van der Waals surface area contributed by atoms with Gasteiger partial charge in [0.25, 0.3) is 0 Å². The van der Waals surface area contributed by atoms with Gasteiger partial charge in [0.05, 0.1) is 17.9 Å². The van der Waals surface area contributed by atoms with Crippen molar-refractivity contribution < 1.29 is 19.1 Å². The van der Waals surface area contributed by atoms with E-state index >= 15 is 0 Å². The lowest BCUT2D eigenvalue weighted by Gasteiger charge is -2.40. The first-order valence-corrected chi connectivity index (χ1v) is 14.7. The Bertz CT molecular complexity index is 1130. The highest BCUT2D eigenvalue weighted by molar-refractivity contribution is 6.30. The zero-order valence-corrected chi connectivity index (χ0v) is 23.0. The van der Waals surface area contributed by atoms with Crippen LogP contribution in [0.25, 0.3) is 0 Å². The van der Waals surface area contributed by atoms with Gasteiger partial charge in [0.15, 0.2) is 0 Å². The molecule has 1 aromatic rings. The number of rotatable bonds is 5. The second-order valence-electron chi connectivity index (χ2n) is 12.1. The Morgan fingerprint density at radius 1 is 1.00 bits per heavy atom. The minimum atomic E-state index is -1.12. The van der Waals surface area contributed by atoms with Crippen LogP contribution in [0, 0.1) is 23.7 Å². The monoisotopic (exact) mass is 539 g/mol. The van der Waals surface area contributed by atoms with Gasteiger partial charge in [0, 0.05) is 22.8 Å². The zero-order valence-electron chi connectivity index (χ0n) is 22.2. The van der Waals surface area contributed by atoms with Gasteiger partial charge in [-0.1, -0.05) is 69.7 Å². The number of carbonyl (C=O) groups excluding carboxylic acids is 3. The number of benzene rings is 1. The molecule has 2 bridgehead atoms. The Hall–Kier alpha value is -2.38. The number of nitrogens with one attached hydrogen (secondary N) is 2. The average molecular weight is 540 g/mol. The molecule has 0 radical (unpaired) electrons. The van der Waals surface area contributed by atoms with E-state index in [9.17, 15) is 14.4 Å². The summed E-state index contributed by atoms with van der Waals surface area (Å²) in [5, 5.41) is 6.89. The van der Waals surface area contributed by atoms with Gasteiger partial charge >= 0.3 is 0 Å². The predicted octanol–water partition coefficient (Wildman–Crippen LogP) is 4.70. The highest BCUT2D eigenvalue weighted by Gasteiger charge is 2.73. The summed E-state index contributed by atoms with van der Waals surface area (Å²) in [5.74, 6) is -1.02. The number of carbonyl (C=O) groups is 3. The SMILES string of the molecule is CC1CCCC(NC(=O)C2N(C3CCCCC3)C(=O)[C@H]3C(C(=O)Nc4ccc(Cl)cc4)[C@H]4C=CC23O4)C1C. The summed E-state index contributed by atoms with van der Waals surface area (Å²) in [6, 6.07) is 6.23. The molecular formula is C30H38ClN3O4. The molecule has 6 rings (SSSR count). The fraction of sp³-hybridized carbons (Fsp3) is 0.633. The molecule has 8 atom stereocenters. The number of likely N-dealkylation sites (tertiary alicyclic amines) is 1. The van der Waals surface area contributed by atoms with E-state index in [1.807, 2.05) is 17.1 Å². The fourth-order valence-electron chi connectivity index (χ4n) is 7.77. The van der Waals surface area contributed by atoms with Gasteiger partial charge in [-0.3, -0.25) is 14.4 Å². The van der Waals surface area contributed by atoms with Crippen molar-refractivity contribution >= 4 is 35.0 Å². The first-order valence-electron chi connectivity index (χ1n) is 14.4. The van der Waals surface area contributed by atoms with Crippen LogP contribution in [0.15, 0.2) is 36.4 Å². The van der Waals surface area contributed by atoms with E-state index in [2.05, 4.69) is 24.5 Å². The lowest BCUT2D eigenvalue weighted by molar-refractivity contribution is -0.145. The van der Waals surface area contributed by atoms with Gasteiger partial charge in [-0.05, 0) is 55.4 Å². The first-order chi connectivity index (χ1) is 18.3. The first kappa shape index (κ1) is 25.9. The molecule has 5 aliphatic rings. The van der Waals surface area contributed by atoms with Crippen LogP contribution in [0.2, 0.25) is 5.02 Å². The molecule has 8 heteroatoms. The van der Waals surface area contributed by atoms with Crippen LogP contribution in [-0.2, 0) is 19.1 Å². The summed E-state index contributed by atoms with van der Waals surface area (Å²) in [7, 11) is 0. The lowest BCUT2D eigenvalue weighted by Crippen LogP contribution is -2.59. The summed E-state index contributed by atoms with van der Waals surface area (Å²) < 4.78 is 6.52. The number of fused-ring (bicyclic) bond motifs is 1. The van der Waals surface area contributed by atoms with Crippen molar-refractivity contribution in [2.45, 2.75) is 95.0 Å². The predicted molar refractivity (Wildman–Crippen MR) is 145 cm³/mol. The number of halogens is 1. The van der Waals surface area contributed by atoms with E-state index in [4.69, 9.17) is 16.3 Å². The molecule has 204 valence electrons. The van der Waals surface area contributed by atoms with Crippen molar-refractivity contribution in [3.8, 4) is 0 Å². The zero-order chi connectivity index (χ0) is 26.6. The average Bonchev–Trinajstić information content (AvgIpc) is 3.56. The quantitative estimate of drug-likeness (QED) is 0.531. The highest BCUT2D eigenvalue weighted by atomic mass is 35.5. The van der Waals surface area contributed by atoms with Crippen LogP contribution in [0.1, 0.15) is 65.2 Å². The van der Waals surface area contributed by atoms with Gasteiger partial charge < -0.3 is 20.3 Å². The number of amides is 3. The van der Waals surface area contributed by atoms with Gasteiger partial charge in [0.2, 0.25) is 17.7 Å². The molecule has 38 heavy (non-hydrogen) atoms. The van der Waals surface area contributed by atoms with E-state index in [0.717, 1.165) is 44.9 Å². The Morgan fingerprint density at radius 3 is 2.47 bits per heavy atom. The Labute approximate surface area is 229 Å². The van der Waals surface area contributed by atoms with Crippen LogP contribution in [0.5, 0.6) is 0 Å². The van der Waals surface area contributed by atoms with Crippen molar-refractivity contribution in [3.63, 3.8) is 0 Å². The number of hydrogen-bond acceptors (Lipinski definition) is 4. The maximum Gasteiger partial charge on any atom is 0.246 e. The van der Waals surface area contributed by atoms with Crippen molar-refractivity contribution in [2.75, 3.05) is 5.32 Å². The maximum atomic E-state index is 14.2. The Balaban J connectivity index is 1.31. The molecule has 7 nitrogen and oxygen atoms in total. The van der Waals surface area contributed by atoms with Crippen molar-refractivity contribution in [1.29, 1.82) is 0 Å². The van der Waals surface area contributed by atoms with Crippen LogP contribution in [-0.4, -0.2) is 52.5 Å². The van der Waals surface area contributed by atoms with E-state index in [1.54, 1.807) is 24.3 Å². The van der Waals surface area contributed by atoms with Crippen LogP contribution >= 0.6 is 11.6 Å². The third-order valence-corrected chi connectivity index (χ3v) is 10.2. The second-order valence-corrected chi connectivity index (χ2v) is 12.6. The molecule has 2 saturated heterocycles. The number of anilines is 1. The molecular weight excluding hydrogens is 502 g/mol. The largest absolute Gasteiger partial charge is 0.359 e. The summed E-state index contributed by atoms with van der Waals surface area (Å²) >= 11 is 6.01. The van der Waals surface area contributed by atoms with E-state index < -0.39 is 29.6 Å². The molecule has 2 aliphatic carbocycles. The molecule has 2 N–H and O–H groups in total. The van der Waals surface area contributed by atoms with Crippen LogP contribution in [0.4, 0.5) is 5.69 Å². The standard InChI is InChI=1S/C30H38ClN3O4/c1-17-7-6-10-22(18(17)2)33-28(36)26-30-16-15-23(38-30)24(27(35)32-20-13-11-19(31)12-14-20)25(30)29(37)34(26)21-8-4-3-5-9-21/h11-18,21-26H,3-10H2,1-2H3,(H,32,35)(H,33,36)/t17?,18?,22?,23-,24?,25-,26?,30?/m1/s1. The van der Waals surface area contributed by atoms with Crippen LogP contribution < -0.4 is 10.6 Å².